The molecule has 2 rings (SSSR count). The average Bonchev–Trinajstić information content (AvgIpc) is 2.45. The Kier molecular flexibility index (Phi) is 4.41. The van der Waals surface area contributed by atoms with Gasteiger partial charge >= 0.3 is 0 Å². The maximum atomic E-state index is 11.5. The quantitative estimate of drug-likeness (QED) is 0.669. The Labute approximate surface area is 128 Å². The minimum atomic E-state index is -3.49. The molecule has 22 heavy (non-hydrogen) atoms. The summed E-state index contributed by atoms with van der Waals surface area (Å²) in [4.78, 5) is 14.6. The molecule has 0 atom stereocenters. The van der Waals surface area contributed by atoms with E-state index in [0.717, 1.165) is 23.6 Å². The van der Waals surface area contributed by atoms with Crippen molar-refractivity contribution in [1.29, 1.82) is 0 Å². The van der Waals surface area contributed by atoms with Gasteiger partial charge in [-0.2, -0.15) is 0 Å². The first-order chi connectivity index (χ1) is 10.3. The minimum absolute atomic E-state index is 0.0845. The van der Waals surface area contributed by atoms with Crippen molar-refractivity contribution in [2.45, 2.75) is 18.4 Å². The van der Waals surface area contributed by atoms with Gasteiger partial charge in [0.15, 0.2) is 9.84 Å². The Morgan fingerprint density at radius 2 is 2.05 bits per heavy atom. The van der Waals surface area contributed by atoms with Gasteiger partial charge in [0.2, 0.25) is 0 Å². The van der Waals surface area contributed by atoms with Crippen LogP contribution in [0, 0.1) is 17.0 Å². The van der Waals surface area contributed by atoms with E-state index in [2.05, 4.69) is 10.3 Å². The number of pyridine rings is 1. The second kappa shape index (κ2) is 6.10. The molecule has 0 aliphatic carbocycles. The molecule has 1 heterocycles. The number of rotatable bonds is 5. The zero-order valence-corrected chi connectivity index (χ0v) is 12.9. The molecule has 0 unspecified atom stereocenters. The minimum Gasteiger partial charge on any atom is -0.374 e. The standard InChI is InChI=1S/C14H15N3O4S/c1-10-4-3-7-15-13(10)9-16-12-6-5-11(22(2,20)21)8-14(12)17(18)19/h3-8,16H,9H2,1-2H3. The van der Waals surface area contributed by atoms with E-state index in [-0.39, 0.29) is 16.3 Å². The van der Waals surface area contributed by atoms with Crippen molar-refractivity contribution in [1.82, 2.24) is 4.98 Å². The summed E-state index contributed by atoms with van der Waals surface area (Å²) in [7, 11) is -3.49. The van der Waals surface area contributed by atoms with Crippen LogP contribution in [-0.2, 0) is 16.4 Å². The zero-order chi connectivity index (χ0) is 16.3. The van der Waals surface area contributed by atoms with Crippen LogP contribution in [0.3, 0.4) is 0 Å². The molecule has 0 saturated heterocycles. The van der Waals surface area contributed by atoms with Crippen molar-refractivity contribution in [2.24, 2.45) is 0 Å². The Hall–Kier alpha value is -2.48. The normalized spacial score (nSPS) is 11.2. The maximum absolute atomic E-state index is 11.5. The molecule has 0 fully saturated rings. The van der Waals surface area contributed by atoms with Crippen LogP contribution >= 0.6 is 0 Å². The van der Waals surface area contributed by atoms with Gasteiger partial charge in [-0.05, 0) is 30.7 Å². The zero-order valence-electron chi connectivity index (χ0n) is 12.1. The lowest BCUT2D eigenvalue weighted by Crippen LogP contribution is -2.06. The number of nitro benzene ring substituents is 1. The highest BCUT2D eigenvalue weighted by Gasteiger charge is 2.18. The summed E-state index contributed by atoms with van der Waals surface area (Å²) in [5, 5.41) is 14.1. The first-order valence-electron chi connectivity index (χ1n) is 6.42. The fourth-order valence-corrected chi connectivity index (χ4v) is 2.57. The highest BCUT2D eigenvalue weighted by atomic mass is 32.2. The predicted molar refractivity (Wildman–Crippen MR) is 82.5 cm³/mol. The molecular weight excluding hydrogens is 306 g/mol. The monoisotopic (exact) mass is 321 g/mol. The average molecular weight is 321 g/mol. The van der Waals surface area contributed by atoms with Crippen molar-refractivity contribution in [3.63, 3.8) is 0 Å². The second-order valence-electron chi connectivity index (χ2n) is 4.83. The molecule has 0 aliphatic rings. The van der Waals surface area contributed by atoms with Crippen LogP contribution in [0.2, 0.25) is 0 Å². The lowest BCUT2D eigenvalue weighted by molar-refractivity contribution is -0.384. The molecule has 0 saturated carbocycles. The van der Waals surface area contributed by atoms with Crippen LogP contribution in [0.4, 0.5) is 11.4 Å². The van der Waals surface area contributed by atoms with Gasteiger partial charge in [0.05, 0.1) is 22.1 Å². The van der Waals surface area contributed by atoms with E-state index in [0.29, 0.717) is 6.54 Å². The lowest BCUT2D eigenvalue weighted by atomic mass is 10.2. The fourth-order valence-electron chi connectivity index (χ4n) is 1.93. The molecular formula is C14H15N3O4S. The van der Waals surface area contributed by atoms with Crippen LogP contribution in [0.15, 0.2) is 41.4 Å². The molecule has 2 aromatic rings. The smallest absolute Gasteiger partial charge is 0.293 e. The van der Waals surface area contributed by atoms with Crippen LogP contribution in [0.25, 0.3) is 0 Å². The predicted octanol–water partition coefficient (Wildman–Crippen LogP) is 2.31. The number of sulfone groups is 1. The number of aryl methyl sites for hydroxylation is 1. The van der Waals surface area contributed by atoms with Crippen molar-refractivity contribution in [3.8, 4) is 0 Å². The van der Waals surface area contributed by atoms with E-state index in [1.807, 2.05) is 19.1 Å². The molecule has 1 N–H and O–H groups in total. The summed E-state index contributed by atoms with van der Waals surface area (Å²) >= 11 is 0. The highest BCUT2D eigenvalue weighted by molar-refractivity contribution is 7.90. The van der Waals surface area contributed by atoms with Crippen molar-refractivity contribution in [2.75, 3.05) is 11.6 Å². The SMILES string of the molecule is Cc1cccnc1CNc1ccc(S(C)(=O)=O)cc1[N+](=O)[O-]. The van der Waals surface area contributed by atoms with Gasteiger partial charge in [0, 0.05) is 18.5 Å². The molecule has 0 amide bonds. The van der Waals surface area contributed by atoms with Gasteiger partial charge < -0.3 is 5.32 Å². The van der Waals surface area contributed by atoms with Crippen molar-refractivity contribution >= 4 is 21.2 Å². The van der Waals surface area contributed by atoms with Gasteiger partial charge in [-0.15, -0.1) is 0 Å². The Bertz CT molecular complexity index is 819. The van der Waals surface area contributed by atoms with E-state index in [1.165, 1.54) is 12.1 Å². The van der Waals surface area contributed by atoms with Gasteiger partial charge in [-0.3, -0.25) is 15.1 Å². The molecule has 0 radical (unpaired) electrons. The van der Waals surface area contributed by atoms with Crippen molar-refractivity contribution < 1.29 is 13.3 Å². The van der Waals surface area contributed by atoms with E-state index < -0.39 is 14.8 Å². The molecule has 0 bridgehead atoms. The summed E-state index contributed by atoms with van der Waals surface area (Å²) in [6.45, 7) is 2.21. The Balaban J connectivity index is 2.31. The van der Waals surface area contributed by atoms with Crippen LogP contribution in [-0.4, -0.2) is 24.6 Å². The van der Waals surface area contributed by atoms with E-state index in [1.54, 1.807) is 6.20 Å². The second-order valence-corrected chi connectivity index (χ2v) is 6.84. The van der Waals surface area contributed by atoms with Gasteiger partial charge in [0.1, 0.15) is 5.69 Å². The largest absolute Gasteiger partial charge is 0.374 e. The number of hydrogen-bond donors (Lipinski definition) is 1. The van der Waals surface area contributed by atoms with Gasteiger partial charge in [-0.25, -0.2) is 8.42 Å². The third-order valence-corrected chi connectivity index (χ3v) is 4.27. The summed E-state index contributed by atoms with van der Waals surface area (Å²) < 4.78 is 23.0. The topological polar surface area (TPSA) is 102 Å². The first-order valence-corrected chi connectivity index (χ1v) is 8.31. The molecule has 1 aromatic heterocycles. The van der Waals surface area contributed by atoms with Gasteiger partial charge in [0.25, 0.3) is 5.69 Å². The van der Waals surface area contributed by atoms with Crippen LogP contribution < -0.4 is 5.32 Å². The highest BCUT2D eigenvalue weighted by Crippen LogP contribution is 2.28. The number of nitrogens with zero attached hydrogens (tertiary/aromatic N) is 2. The van der Waals surface area contributed by atoms with E-state index >= 15 is 0 Å². The first kappa shape index (κ1) is 15.9. The molecule has 7 nitrogen and oxygen atoms in total. The number of aromatic nitrogens is 1. The number of benzene rings is 1. The number of anilines is 1. The molecule has 1 aromatic carbocycles. The maximum Gasteiger partial charge on any atom is 0.293 e. The molecule has 0 aliphatic heterocycles. The third kappa shape index (κ3) is 3.59. The van der Waals surface area contributed by atoms with Crippen LogP contribution in [0.1, 0.15) is 11.3 Å². The summed E-state index contributed by atoms with van der Waals surface area (Å²) in [6, 6.07) is 7.50. The third-order valence-electron chi connectivity index (χ3n) is 3.16. The number of nitro groups is 1. The summed E-state index contributed by atoms with van der Waals surface area (Å²) in [5.74, 6) is 0. The number of nitrogens with one attached hydrogen (secondary N) is 1. The van der Waals surface area contributed by atoms with Gasteiger partial charge in [-0.1, -0.05) is 6.07 Å². The lowest BCUT2D eigenvalue weighted by Gasteiger charge is -2.09. The summed E-state index contributed by atoms with van der Waals surface area (Å²) in [5.41, 5.74) is 1.70. The molecule has 116 valence electrons. The van der Waals surface area contributed by atoms with Crippen LogP contribution in [0.5, 0.6) is 0 Å². The van der Waals surface area contributed by atoms with E-state index in [9.17, 15) is 18.5 Å². The Morgan fingerprint density at radius 3 is 2.64 bits per heavy atom. The summed E-state index contributed by atoms with van der Waals surface area (Å²) in [6.07, 6.45) is 2.65. The molecule has 8 heteroatoms. The Morgan fingerprint density at radius 1 is 1.32 bits per heavy atom. The molecule has 0 spiro atoms. The number of hydrogen-bond acceptors (Lipinski definition) is 6. The van der Waals surface area contributed by atoms with Crippen molar-refractivity contribution in [3.05, 3.63) is 57.9 Å². The fraction of sp³-hybridized carbons (Fsp3) is 0.214. The van der Waals surface area contributed by atoms with E-state index in [4.69, 9.17) is 0 Å².